The number of nitrogens with one attached hydrogen (secondary N) is 1. The van der Waals surface area contributed by atoms with Crippen molar-refractivity contribution in [1.82, 2.24) is 10.2 Å². The zero-order valence-corrected chi connectivity index (χ0v) is 13.1. The third-order valence-electron chi connectivity index (χ3n) is 2.25. The minimum Gasteiger partial charge on any atom is -0.497 e. The number of ether oxygens (including phenoxy) is 1. The van der Waals surface area contributed by atoms with E-state index in [4.69, 9.17) is 4.74 Å². The van der Waals surface area contributed by atoms with Crippen LogP contribution in [0.15, 0.2) is 29.3 Å². The number of nitrogens with zero attached hydrogens (tertiary/aromatic N) is 2. The highest BCUT2D eigenvalue weighted by molar-refractivity contribution is 14.0. The summed E-state index contributed by atoms with van der Waals surface area (Å²) in [4.78, 5) is 6.09. The molecule has 0 bridgehead atoms. The smallest absolute Gasteiger partial charge is 0.193 e. The molecule has 0 amide bonds. The fourth-order valence-corrected chi connectivity index (χ4v) is 1.36. The van der Waals surface area contributed by atoms with Crippen molar-refractivity contribution < 1.29 is 4.74 Å². The van der Waals surface area contributed by atoms with Gasteiger partial charge in [-0.2, -0.15) is 0 Å². The fraction of sp³-hybridized carbons (Fsp3) is 0.417. The van der Waals surface area contributed by atoms with Crippen LogP contribution < -0.4 is 10.1 Å². The SMILES string of the molecule is CN=C(NCc1ccc(OC)cc1)N(C)C.I. The Morgan fingerprint density at radius 3 is 2.29 bits per heavy atom. The lowest BCUT2D eigenvalue weighted by Crippen LogP contribution is -2.35. The molecule has 0 fully saturated rings. The van der Waals surface area contributed by atoms with Crippen LogP contribution in [-0.4, -0.2) is 39.1 Å². The van der Waals surface area contributed by atoms with Crippen molar-refractivity contribution in [2.45, 2.75) is 6.54 Å². The van der Waals surface area contributed by atoms with Gasteiger partial charge in [-0.1, -0.05) is 12.1 Å². The van der Waals surface area contributed by atoms with Gasteiger partial charge in [-0.25, -0.2) is 0 Å². The summed E-state index contributed by atoms with van der Waals surface area (Å²) in [5.74, 6) is 1.75. The molecular formula is C12H20IN3O. The number of rotatable bonds is 3. The number of halogens is 1. The second-order valence-corrected chi connectivity index (χ2v) is 3.64. The molecule has 1 aromatic rings. The lowest BCUT2D eigenvalue weighted by molar-refractivity contribution is 0.414. The maximum Gasteiger partial charge on any atom is 0.193 e. The Bertz CT molecular complexity index is 349. The van der Waals surface area contributed by atoms with Gasteiger partial charge in [0.05, 0.1) is 7.11 Å². The number of guanidine groups is 1. The van der Waals surface area contributed by atoms with Crippen molar-refractivity contribution in [1.29, 1.82) is 0 Å². The molecule has 4 nitrogen and oxygen atoms in total. The zero-order chi connectivity index (χ0) is 12.0. The molecule has 0 unspecified atom stereocenters. The van der Waals surface area contributed by atoms with Crippen molar-refractivity contribution in [3.63, 3.8) is 0 Å². The Morgan fingerprint density at radius 1 is 1.29 bits per heavy atom. The standard InChI is InChI=1S/C12H19N3O.HI/c1-13-12(15(2)3)14-9-10-5-7-11(16-4)8-6-10;/h5-8H,9H2,1-4H3,(H,13,14);1H. The van der Waals surface area contributed by atoms with Crippen LogP contribution in [-0.2, 0) is 6.54 Å². The van der Waals surface area contributed by atoms with Gasteiger partial charge in [0, 0.05) is 27.7 Å². The average Bonchev–Trinajstić information content (AvgIpc) is 2.30. The highest BCUT2D eigenvalue weighted by Gasteiger charge is 2.00. The highest BCUT2D eigenvalue weighted by Crippen LogP contribution is 2.10. The molecule has 0 heterocycles. The normalized spacial score (nSPS) is 10.5. The summed E-state index contributed by atoms with van der Waals surface area (Å²) in [6.07, 6.45) is 0. The summed E-state index contributed by atoms with van der Waals surface area (Å²) in [6.45, 7) is 0.759. The molecule has 0 aliphatic rings. The van der Waals surface area contributed by atoms with Crippen LogP contribution in [0.2, 0.25) is 0 Å². The third-order valence-corrected chi connectivity index (χ3v) is 2.25. The fourth-order valence-electron chi connectivity index (χ4n) is 1.36. The molecule has 0 spiro atoms. The van der Waals surface area contributed by atoms with Crippen molar-refractivity contribution in [3.05, 3.63) is 29.8 Å². The average molecular weight is 349 g/mol. The van der Waals surface area contributed by atoms with E-state index in [1.54, 1.807) is 14.2 Å². The molecule has 1 N–H and O–H groups in total. The molecule has 1 aromatic carbocycles. The minimum atomic E-state index is 0. The lowest BCUT2D eigenvalue weighted by atomic mass is 10.2. The first-order chi connectivity index (χ1) is 7.67. The van der Waals surface area contributed by atoms with Gasteiger partial charge in [-0.15, -0.1) is 24.0 Å². The van der Waals surface area contributed by atoms with Crippen LogP contribution >= 0.6 is 24.0 Å². The molecule has 0 atom stereocenters. The van der Waals surface area contributed by atoms with Crippen molar-refractivity contribution in [3.8, 4) is 5.75 Å². The van der Waals surface area contributed by atoms with Gasteiger partial charge in [0.1, 0.15) is 5.75 Å². The molecule has 0 aromatic heterocycles. The van der Waals surface area contributed by atoms with Gasteiger partial charge in [0.2, 0.25) is 0 Å². The van der Waals surface area contributed by atoms with Gasteiger partial charge in [0.15, 0.2) is 5.96 Å². The van der Waals surface area contributed by atoms with E-state index in [0.29, 0.717) is 0 Å². The molecular weight excluding hydrogens is 329 g/mol. The molecule has 17 heavy (non-hydrogen) atoms. The topological polar surface area (TPSA) is 36.9 Å². The summed E-state index contributed by atoms with van der Waals surface area (Å²) in [5, 5.41) is 3.26. The highest BCUT2D eigenvalue weighted by atomic mass is 127. The summed E-state index contributed by atoms with van der Waals surface area (Å²) in [5.41, 5.74) is 1.20. The van der Waals surface area contributed by atoms with E-state index < -0.39 is 0 Å². The number of hydrogen-bond acceptors (Lipinski definition) is 2. The molecule has 5 heteroatoms. The van der Waals surface area contributed by atoms with Gasteiger partial charge in [-0.05, 0) is 17.7 Å². The monoisotopic (exact) mass is 349 g/mol. The van der Waals surface area contributed by atoms with Gasteiger partial charge >= 0.3 is 0 Å². The Hall–Kier alpha value is -0.980. The Balaban J connectivity index is 0.00000256. The van der Waals surface area contributed by atoms with Crippen molar-refractivity contribution in [2.75, 3.05) is 28.3 Å². The van der Waals surface area contributed by atoms with Crippen LogP contribution in [0.1, 0.15) is 5.56 Å². The van der Waals surface area contributed by atoms with E-state index in [0.717, 1.165) is 18.3 Å². The molecule has 0 saturated carbocycles. The molecule has 96 valence electrons. The first-order valence-corrected chi connectivity index (χ1v) is 5.18. The van der Waals surface area contributed by atoms with E-state index in [-0.39, 0.29) is 24.0 Å². The van der Waals surface area contributed by atoms with E-state index in [1.165, 1.54) is 5.56 Å². The number of benzene rings is 1. The van der Waals surface area contributed by atoms with Gasteiger partial charge in [0.25, 0.3) is 0 Å². The van der Waals surface area contributed by atoms with Crippen LogP contribution in [0.5, 0.6) is 5.75 Å². The molecule has 0 aliphatic carbocycles. The van der Waals surface area contributed by atoms with E-state index in [2.05, 4.69) is 10.3 Å². The first-order valence-electron chi connectivity index (χ1n) is 5.18. The molecule has 0 saturated heterocycles. The maximum atomic E-state index is 5.10. The van der Waals surface area contributed by atoms with Crippen molar-refractivity contribution in [2.24, 2.45) is 4.99 Å². The molecule has 0 radical (unpaired) electrons. The first kappa shape index (κ1) is 16.0. The Labute approximate surface area is 120 Å². The second-order valence-electron chi connectivity index (χ2n) is 3.64. The van der Waals surface area contributed by atoms with E-state index >= 15 is 0 Å². The largest absolute Gasteiger partial charge is 0.497 e. The van der Waals surface area contributed by atoms with Gasteiger partial charge < -0.3 is 15.0 Å². The summed E-state index contributed by atoms with van der Waals surface area (Å²) < 4.78 is 5.10. The predicted octanol–water partition coefficient (Wildman–Crippen LogP) is 1.95. The van der Waals surface area contributed by atoms with Gasteiger partial charge in [-0.3, -0.25) is 4.99 Å². The van der Waals surface area contributed by atoms with Crippen LogP contribution in [0.4, 0.5) is 0 Å². The second kappa shape index (κ2) is 8.16. The Kier molecular flexibility index (Phi) is 7.69. The summed E-state index contributed by atoms with van der Waals surface area (Å²) in [6, 6.07) is 7.98. The van der Waals surface area contributed by atoms with E-state index in [9.17, 15) is 0 Å². The van der Waals surface area contributed by atoms with Crippen molar-refractivity contribution >= 4 is 29.9 Å². The maximum absolute atomic E-state index is 5.10. The summed E-state index contributed by atoms with van der Waals surface area (Å²) >= 11 is 0. The lowest BCUT2D eigenvalue weighted by Gasteiger charge is -2.16. The van der Waals surface area contributed by atoms with Crippen LogP contribution in [0.25, 0.3) is 0 Å². The predicted molar refractivity (Wildman–Crippen MR) is 82.3 cm³/mol. The number of aliphatic imine (C=N–C) groups is 1. The van der Waals surface area contributed by atoms with Crippen LogP contribution in [0.3, 0.4) is 0 Å². The molecule has 1 rings (SSSR count). The zero-order valence-electron chi connectivity index (χ0n) is 10.7. The molecule has 0 aliphatic heterocycles. The third kappa shape index (κ3) is 5.25. The number of hydrogen-bond donors (Lipinski definition) is 1. The number of methoxy groups -OCH3 is 1. The Morgan fingerprint density at radius 2 is 1.88 bits per heavy atom. The van der Waals surface area contributed by atoms with Crippen LogP contribution in [0, 0.1) is 0 Å². The van der Waals surface area contributed by atoms with E-state index in [1.807, 2.05) is 43.3 Å². The minimum absolute atomic E-state index is 0. The quantitative estimate of drug-likeness (QED) is 0.515. The summed E-state index contributed by atoms with van der Waals surface area (Å²) in [7, 11) is 7.37.